The number of aryl methyl sites for hydroxylation is 1. The topological polar surface area (TPSA) is 97.8 Å². The van der Waals surface area contributed by atoms with Crippen molar-refractivity contribution in [2.24, 2.45) is 0 Å². The molecule has 0 atom stereocenters. The van der Waals surface area contributed by atoms with E-state index in [2.05, 4.69) is 19.4 Å². The number of hydrogen-bond donors (Lipinski definition) is 1. The molecule has 1 aromatic heterocycles. The van der Waals surface area contributed by atoms with Gasteiger partial charge in [-0.05, 0) is 93.9 Å². The Balaban J connectivity index is 1.26. The van der Waals surface area contributed by atoms with Gasteiger partial charge in [-0.3, -0.25) is 14.7 Å². The molecule has 1 aliphatic carbocycles. The molecule has 3 heterocycles. The van der Waals surface area contributed by atoms with Gasteiger partial charge in [-0.15, -0.1) is 0 Å². The minimum atomic E-state index is -5.89. The van der Waals surface area contributed by atoms with Crippen LogP contribution in [-0.4, -0.2) is 55.0 Å². The van der Waals surface area contributed by atoms with E-state index in [1.165, 1.54) is 12.3 Å². The number of hydrogen-bond acceptors (Lipinski definition) is 7. The monoisotopic (exact) mass is 589 g/mol. The van der Waals surface area contributed by atoms with Gasteiger partial charge in [0.2, 0.25) is 0 Å². The number of carbonyl (C=O) groups is 1. The number of nitrogens with zero attached hydrogens (tertiary/aromatic N) is 2. The third-order valence-corrected chi connectivity index (χ3v) is 9.55. The predicted octanol–water partition coefficient (Wildman–Crippen LogP) is 5.20. The summed E-state index contributed by atoms with van der Waals surface area (Å²) in [6.07, 6.45) is 6.97. The first-order chi connectivity index (χ1) is 19.4. The van der Waals surface area contributed by atoms with Crippen LogP contribution in [0.5, 0.6) is 11.5 Å². The first kappa shape index (κ1) is 27.8. The Bertz CT molecular complexity index is 1610. The van der Waals surface area contributed by atoms with E-state index in [0.29, 0.717) is 41.7 Å². The SMILES string of the molecule is Cc1ccc(OCC23CCCN2CCC3)cc1C(=O)NC1(c2cc(OS(=O)(=O)C(F)(F)F)cc3ncccc23)CC1. The quantitative estimate of drug-likeness (QED) is 0.285. The highest BCUT2D eigenvalue weighted by molar-refractivity contribution is 7.88. The lowest BCUT2D eigenvalue weighted by Crippen LogP contribution is -2.43. The van der Waals surface area contributed by atoms with Gasteiger partial charge in [0.15, 0.2) is 0 Å². The zero-order valence-corrected chi connectivity index (χ0v) is 23.3. The van der Waals surface area contributed by atoms with Crippen molar-refractivity contribution >= 4 is 26.9 Å². The van der Waals surface area contributed by atoms with Crippen molar-refractivity contribution in [3.05, 3.63) is 65.4 Å². The normalized spacial score (nSPS) is 19.6. The van der Waals surface area contributed by atoms with Gasteiger partial charge >= 0.3 is 15.6 Å². The van der Waals surface area contributed by atoms with Crippen molar-refractivity contribution in [1.29, 1.82) is 0 Å². The molecule has 6 rings (SSSR count). The van der Waals surface area contributed by atoms with Gasteiger partial charge in [0, 0.05) is 23.2 Å². The van der Waals surface area contributed by atoms with Crippen molar-refractivity contribution < 1.29 is 35.3 Å². The molecule has 2 aromatic carbocycles. The molecule has 3 aliphatic rings. The second kappa shape index (κ2) is 9.87. The van der Waals surface area contributed by atoms with E-state index in [1.807, 2.05) is 19.1 Å². The number of pyridine rings is 1. The molecule has 218 valence electrons. The lowest BCUT2D eigenvalue weighted by Gasteiger charge is -2.31. The summed E-state index contributed by atoms with van der Waals surface area (Å²) in [5, 5.41) is 3.63. The number of nitrogens with one attached hydrogen (secondary N) is 1. The van der Waals surface area contributed by atoms with Crippen LogP contribution < -0.4 is 14.2 Å². The second-order valence-corrected chi connectivity index (χ2v) is 12.8. The highest BCUT2D eigenvalue weighted by Gasteiger charge is 2.50. The summed E-state index contributed by atoms with van der Waals surface area (Å²) in [5.41, 5.74) is -4.59. The molecule has 1 N–H and O–H groups in total. The van der Waals surface area contributed by atoms with Crippen molar-refractivity contribution in [1.82, 2.24) is 15.2 Å². The van der Waals surface area contributed by atoms with E-state index >= 15 is 0 Å². The van der Waals surface area contributed by atoms with Gasteiger partial charge < -0.3 is 14.2 Å². The van der Waals surface area contributed by atoms with Crippen LogP contribution in [-0.2, 0) is 15.7 Å². The van der Waals surface area contributed by atoms with Crippen molar-refractivity contribution in [2.45, 2.75) is 62.0 Å². The Morgan fingerprint density at radius 2 is 1.78 bits per heavy atom. The molecule has 2 saturated heterocycles. The lowest BCUT2D eigenvalue weighted by atomic mass is 9.95. The van der Waals surface area contributed by atoms with Crippen LogP contribution in [0.1, 0.15) is 60.0 Å². The Labute approximate surface area is 236 Å². The maximum atomic E-state index is 13.6. The van der Waals surface area contributed by atoms with Gasteiger partial charge in [-0.2, -0.15) is 21.6 Å². The molecule has 1 saturated carbocycles. The Kier molecular flexibility index (Phi) is 6.68. The largest absolute Gasteiger partial charge is 0.534 e. The molecule has 2 aliphatic heterocycles. The smallest absolute Gasteiger partial charge is 0.492 e. The van der Waals surface area contributed by atoms with Crippen LogP contribution >= 0.6 is 0 Å². The molecule has 8 nitrogen and oxygen atoms in total. The zero-order valence-electron chi connectivity index (χ0n) is 22.5. The van der Waals surface area contributed by atoms with Crippen LogP contribution in [0.15, 0.2) is 48.7 Å². The van der Waals surface area contributed by atoms with Crippen molar-refractivity contribution in [2.75, 3.05) is 19.7 Å². The molecule has 12 heteroatoms. The summed E-state index contributed by atoms with van der Waals surface area (Å²) >= 11 is 0. The number of amides is 1. The Morgan fingerprint density at radius 1 is 1.05 bits per heavy atom. The van der Waals surface area contributed by atoms with Crippen LogP contribution in [0.3, 0.4) is 0 Å². The first-order valence-electron chi connectivity index (χ1n) is 13.6. The van der Waals surface area contributed by atoms with Gasteiger partial charge in [-0.25, -0.2) is 0 Å². The number of fused-ring (bicyclic) bond motifs is 2. The van der Waals surface area contributed by atoms with E-state index in [1.54, 1.807) is 18.2 Å². The molecule has 3 aromatic rings. The van der Waals surface area contributed by atoms with Crippen molar-refractivity contribution in [3.8, 4) is 11.5 Å². The number of rotatable bonds is 8. The highest BCUT2D eigenvalue weighted by Crippen LogP contribution is 2.49. The van der Waals surface area contributed by atoms with E-state index in [4.69, 9.17) is 4.74 Å². The van der Waals surface area contributed by atoms with Crippen molar-refractivity contribution in [3.63, 3.8) is 0 Å². The Hall–Kier alpha value is -3.38. The molecular formula is C29H30F3N3O5S. The van der Waals surface area contributed by atoms with E-state index in [0.717, 1.165) is 50.4 Å². The second-order valence-electron chi connectivity index (χ2n) is 11.2. The minimum absolute atomic E-state index is 0.0627. The molecule has 0 unspecified atom stereocenters. The fourth-order valence-electron chi connectivity index (χ4n) is 6.26. The van der Waals surface area contributed by atoms with E-state index < -0.39 is 26.9 Å². The highest BCUT2D eigenvalue weighted by atomic mass is 32.2. The number of halogens is 3. The fraction of sp³-hybridized carbons (Fsp3) is 0.448. The maximum absolute atomic E-state index is 13.6. The summed E-state index contributed by atoms with van der Waals surface area (Å²) in [5.74, 6) is -0.290. The van der Waals surface area contributed by atoms with Crippen LogP contribution in [0.4, 0.5) is 13.2 Å². The average Bonchev–Trinajstić information content (AvgIpc) is 3.40. The summed E-state index contributed by atoms with van der Waals surface area (Å²) < 4.78 is 73.1. The summed E-state index contributed by atoms with van der Waals surface area (Å²) in [6.45, 7) is 4.56. The number of aromatic nitrogens is 1. The van der Waals surface area contributed by atoms with Gasteiger partial charge in [0.25, 0.3) is 5.91 Å². The fourth-order valence-corrected chi connectivity index (χ4v) is 6.70. The zero-order chi connectivity index (χ0) is 29.0. The van der Waals surface area contributed by atoms with Gasteiger partial charge in [0.1, 0.15) is 18.1 Å². The number of alkyl halides is 3. The third kappa shape index (κ3) is 5.12. The van der Waals surface area contributed by atoms with Gasteiger partial charge in [-0.1, -0.05) is 12.1 Å². The number of benzene rings is 2. The summed E-state index contributed by atoms with van der Waals surface area (Å²) in [7, 11) is -5.89. The maximum Gasteiger partial charge on any atom is 0.534 e. The molecule has 1 amide bonds. The number of ether oxygens (including phenoxy) is 1. The van der Waals surface area contributed by atoms with Crippen LogP contribution in [0.2, 0.25) is 0 Å². The summed E-state index contributed by atoms with van der Waals surface area (Å²) in [6, 6.07) is 11.2. The molecule has 0 bridgehead atoms. The average molecular weight is 590 g/mol. The predicted molar refractivity (Wildman–Crippen MR) is 145 cm³/mol. The molecule has 0 spiro atoms. The molecule has 0 radical (unpaired) electrons. The molecule has 41 heavy (non-hydrogen) atoms. The first-order valence-corrected chi connectivity index (χ1v) is 15.0. The Morgan fingerprint density at radius 3 is 2.46 bits per heavy atom. The molecule has 3 fully saturated rings. The molecular weight excluding hydrogens is 559 g/mol. The third-order valence-electron chi connectivity index (χ3n) is 8.57. The van der Waals surface area contributed by atoms with Crippen LogP contribution in [0, 0.1) is 6.92 Å². The standard InChI is InChI=1S/C29H30F3N3O5S/c1-19-6-7-20(39-18-27-8-3-13-35(27)14-4-9-27)15-23(19)26(36)34-28(10-11-28)24-16-21(40-41(37,38)29(30,31)32)17-25-22(24)5-2-12-33-25/h2,5-7,12,15-17H,3-4,8-11,13-14,18H2,1H3,(H,34,36). The summed E-state index contributed by atoms with van der Waals surface area (Å²) in [4.78, 5) is 20.3. The van der Waals surface area contributed by atoms with Gasteiger partial charge in [0.05, 0.1) is 16.6 Å². The van der Waals surface area contributed by atoms with Crippen LogP contribution in [0.25, 0.3) is 10.9 Å². The van der Waals surface area contributed by atoms with E-state index in [-0.39, 0.29) is 17.0 Å². The van der Waals surface area contributed by atoms with E-state index in [9.17, 15) is 26.4 Å². The lowest BCUT2D eigenvalue weighted by molar-refractivity contribution is -0.0500. The minimum Gasteiger partial charge on any atom is -0.492 e. The number of carbonyl (C=O) groups excluding carboxylic acids is 1.